The van der Waals surface area contributed by atoms with Crippen LogP contribution in [0.2, 0.25) is 0 Å². The van der Waals surface area contributed by atoms with E-state index in [1.54, 1.807) is 0 Å². The van der Waals surface area contributed by atoms with Gasteiger partial charge in [0, 0.05) is 67.1 Å². The maximum atomic E-state index is 12.7. The zero-order valence-electron chi connectivity index (χ0n) is 17.9. The van der Waals surface area contributed by atoms with Crippen LogP contribution < -0.4 is 10.2 Å². The maximum Gasteiger partial charge on any atom is 0.251 e. The molecule has 1 aliphatic rings. The Morgan fingerprint density at radius 3 is 2.30 bits per heavy atom. The topological polar surface area (TPSA) is 53.4 Å². The van der Waals surface area contributed by atoms with Crippen molar-refractivity contribution in [2.45, 2.75) is 20.4 Å². The average molecular weight is 404 g/mol. The highest BCUT2D eigenvalue weighted by molar-refractivity contribution is 5.94. The molecular weight excluding hydrogens is 374 g/mol. The van der Waals surface area contributed by atoms with Crippen molar-refractivity contribution in [3.63, 3.8) is 0 Å². The molecule has 1 amide bonds. The summed E-state index contributed by atoms with van der Waals surface area (Å²) in [5.74, 6) is 0.899. The molecule has 1 aromatic carbocycles. The van der Waals surface area contributed by atoms with Crippen LogP contribution in [0.15, 0.2) is 54.7 Å². The number of anilines is 1. The minimum Gasteiger partial charge on any atom is -0.354 e. The van der Waals surface area contributed by atoms with Crippen LogP contribution in [-0.4, -0.2) is 53.6 Å². The van der Waals surface area contributed by atoms with Gasteiger partial charge in [-0.1, -0.05) is 6.07 Å². The Bertz CT molecular complexity index is 997. The molecule has 1 fully saturated rings. The first-order valence-electron chi connectivity index (χ1n) is 10.4. The van der Waals surface area contributed by atoms with Gasteiger partial charge in [-0.3, -0.25) is 4.79 Å². The molecule has 0 bridgehead atoms. The first-order valence-corrected chi connectivity index (χ1v) is 10.4. The number of aryl methyl sites for hydroxylation is 2. The molecule has 1 saturated heterocycles. The summed E-state index contributed by atoms with van der Waals surface area (Å²) in [4.78, 5) is 21.9. The minimum absolute atomic E-state index is 0.0734. The van der Waals surface area contributed by atoms with E-state index in [1.165, 1.54) is 11.4 Å². The molecule has 6 heteroatoms. The van der Waals surface area contributed by atoms with E-state index in [9.17, 15) is 4.79 Å². The van der Waals surface area contributed by atoms with Crippen LogP contribution in [0, 0.1) is 13.8 Å². The Balaban J connectivity index is 1.43. The smallest absolute Gasteiger partial charge is 0.251 e. The number of hydrogen-bond acceptors (Lipinski definition) is 4. The van der Waals surface area contributed by atoms with E-state index in [2.05, 4.69) is 57.7 Å². The predicted octanol–water partition coefficient (Wildman–Crippen LogP) is 3.17. The second kappa shape index (κ2) is 8.71. The van der Waals surface area contributed by atoms with Crippen LogP contribution in [0.5, 0.6) is 0 Å². The Labute approximate surface area is 178 Å². The molecule has 0 atom stereocenters. The summed E-state index contributed by atoms with van der Waals surface area (Å²) < 4.78 is 2.18. The fourth-order valence-corrected chi connectivity index (χ4v) is 3.99. The zero-order chi connectivity index (χ0) is 21.1. The molecular formula is C24H29N5O. The number of hydrogen-bond donors (Lipinski definition) is 1. The van der Waals surface area contributed by atoms with Crippen molar-refractivity contribution < 1.29 is 4.79 Å². The number of benzene rings is 1. The predicted molar refractivity (Wildman–Crippen MR) is 120 cm³/mol. The molecule has 4 rings (SSSR count). The molecule has 6 nitrogen and oxygen atoms in total. The Hall–Kier alpha value is -3.12. The van der Waals surface area contributed by atoms with Crippen molar-refractivity contribution in [2.75, 3.05) is 38.1 Å². The largest absolute Gasteiger partial charge is 0.354 e. The van der Waals surface area contributed by atoms with E-state index in [0.29, 0.717) is 12.1 Å². The number of amides is 1. The van der Waals surface area contributed by atoms with Gasteiger partial charge >= 0.3 is 0 Å². The number of aromatic nitrogens is 2. The van der Waals surface area contributed by atoms with E-state index in [4.69, 9.17) is 0 Å². The van der Waals surface area contributed by atoms with E-state index in [1.807, 2.05) is 42.6 Å². The Morgan fingerprint density at radius 1 is 0.967 bits per heavy atom. The summed E-state index contributed by atoms with van der Waals surface area (Å²) in [6, 6.07) is 15.9. The fraction of sp³-hybridized carbons (Fsp3) is 0.333. The van der Waals surface area contributed by atoms with Gasteiger partial charge in [-0.15, -0.1) is 0 Å². The maximum absolute atomic E-state index is 12.7. The number of carbonyl (C=O) groups is 1. The SMILES string of the molecule is Cc1ccc(C)n1-c1ccc(C(=O)NCc2cccnc2N2CCN(C)CC2)cc1. The van der Waals surface area contributed by atoms with Gasteiger partial charge in [0.05, 0.1) is 0 Å². The summed E-state index contributed by atoms with van der Waals surface area (Å²) in [6.07, 6.45) is 1.82. The highest BCUT2D eigenvalue weighted by Gasteiger charge is 2.18. The molecule has 0 unspecified atom stereocenters. The van der Waals surface area contributed by atoms with Crippen LogP contribution in [0.4, 0.5) is 5.82 Å². The third kappa shape index (κ3) is 4.24. The molecule has 1 aliphatic heterocycles. The fourth-order valence-electron chi connectivity index (χ4n) is 3.99. The first kappa shape index (κ1) is 20.2. The number of piperazine rings is 1. The molecule has 156 valence electrons. The van der Waals surface area contributed by atoms with Gasteiger partial charge in [-0.25, -0.2) is 4.98 Å². The van der Waals surface area contributed by atoms with Crippen LogP contribution in [0.25, 0.3) is 5.69 Å². The second-order valence-electron chi connectivity index (χ2n) is 7.96. The Kier molecular flexibility index (Phi) is 5.86. The van der Waals surface area contributed by atoms with Gasteiger partial charge in [0.1, 0.15) is 5.82 Å². The van der Waals surface area contributed by atoms with Crippen LogP contribution >= 0.6 is 0 Å². The van der Waals surface area contributed by atoms with Crippen molar-refractivity contribution in [1.82, 2.24) is 19.8 Å². The molecule has 30 heavy (non-hydrogen) atoms. The first-order chi connectivity index (χ1) is 14.5. The average Bonchev–Trinajstić information content (AvgIpc) is 3.11. The van der Waals surface area contributed by atoms with Gasteiger partial charge in [0.2, 0.25) is 0 Å². The van der Waals surface area contributed by atoms with Gasteiger partial charge < -0.3 is 19.7 Å². The number of pyridine rings is 1. The third-order valence-corrected chi connectivity index (χ3v) is 5.77. The quantitative estimate of drug-likeness (QED) is 0.711. The highest BCUT2D eigenvalue weighted by atomic mass is 16.1. The lowest BCUT2D eigenvalue weighted by Crippen LogP contribution is -2.45. The Morgan fingerprint density at radius 2 is 1.63 bits per heavy atom. The molecule has 0 radical (unpaired) electrons. The van der Waals surface area contributed by atoms with Crippen LogP contribution in [0.3, 0.4) is 0 Å². The highest BCUT2D eigenvalue weighted by Crippen LogP contribution is 2.20. The summed E-state index contributed by atoms with van der Waals surface area (Å²) in [5, 5.41) is 3.06. The molecule has 3 aromatic rings. The van der Waals surface area contributed by atoms with Gasteiger partial charge in [-0.05, 0) is 63.4 Å². The lowest BCUT2D eigenvalue weighted by atomic mass is 10.1. The number of likely N-dealkylation sites (N-methyl/N-ethyl adjacent to an activating group) is 1. The standard InChI is InChI=1S/C24H29N5O/c1-18-6-7-19(2)29(18)22-10-8-20(9-11-22)24(30)26-17-21-5-4-12-25-23(21)28-15-13-27(3)14-16-28/h4-12H,13-17H2,1-3H3,(H,26,30). The molecule has 0 spiro atoms. The van der Waals surface area contributed by atoms with E-state index in [0.717, 1.165) is 43.2 Å². The van der Waals surface area contributed by atoms with Crippen molar-refractivity contribution >= 4 is 11.7 Å². The number of nitrogens with one attached hydrogen (secondary N) is 1. The van der Waals surface area contributed by atoms with Crippen molar-refractivity contribution in [2.24, 2.45) is 0 Å². The zero-order valence-corrected chi connectivity index (χ0v) is 17.9. The summed E-state index contributed by atoms with van der Waals surface area (Å²) in [7, 11) is 2.14. The van der Waals surface area contributed by atoms with Crippen molar-refractivity contribution in [3.8, 4) is 5.69 Å². The lowest BCUT2D eigenvalue weighted by Gasteiger charge is -2.34. The van der Waals surface area contributed by atoms with Gasteiger partial charge in [-0.2, -0.15) is 0 Å². The summed E-state index contributed by atoms with van der Waals surface area (Å²) in [6.45, 7) is 8.58. The van der Waals surface area contributed by atoms with E-state index < -0.39 is 0 Å². The third-order valence-electron chi connectivity index (χ3n) is 5.77. The summed E-state index contributed by atoms with van der Waals surface area (Å²) in [5.41, 5.74) is 5.13. The number of carbonyl (C=O) groups excluding carboxylic acids is 1. The van der Waals surface area contributed by atoms with Crippen LogP contribution in [0.1, 0.15) is 27.3 Å². The van der Waals surface area contributed by atoms with Gasteiger partial charge in [0.15, 0.2) is 0 Å². The molecule has 0 saturated carbocycles. The monoisotopic (exact) mass is 403 g/mol. The second-order valence-corrected chi connectivity index (χ2v) is 7.96. The normalized spacial score (nSPS) is 14.7. The minimum atomic E-state index is -0.0734. The lowest BCUT2D eigenvalue weighted by molar-refractivity contribution is 0.0951. The van der Waals surface area contributed by atoms with Crippen molar-refractivity contribution in [1.29, 1.82) is 0 Å². The van der Waals surface area contributed by atoms with Crippen LogP contribution in [-0.2, 0) is 6.54 Å². The van der Waals surface area contributed by atoms with Crippen molar-refractivity contribution in [3.05, 3.63) is 77.2 Å². The summed E-state index contributed by atoms with van der Waals surface area (Å²) >= 11 is 0. The van der Waals surface area contributed by atoms with E-state index >= 15 is 0 Å². The number of rotatable bonds is 5. The molecule has 0 aliphatic carbocycles. The molecule has 1 N–H and O–H groups in total. The van der Waals surface area contributed by atoms with Gasteiger partial charge in [0.25, 0.3) is 5.91 Å². The van der Waals surface area contributed by atoms with E-state index in [-0.39, 0.29) is 5.91 Å². The molecule has 3 heterocycles. The molecule has 2 aromatic heterocycles. The number of nitrogens with zero attached hydrogens (tertiary/aromatic N) is 4.